The summed E-state index contributed by atoms with van der Waals surface area (Å²) in [4.78, 5) is 22.0. The summed E-state index contributed by atoms with van der Waals surface area (Å²) in [6, 6.07) is 6.78. The number of hydrogen-bond donors (Lipinski definition) is 2. The fraction of sp³-hybridized carbons (Fsp3) is 0.333. The van der Waals surface area contributed by atoms with Crippen molar-refractivity contribution in [3.8, 4) is 0 Å². The van der Waals surface area contributed by atoms with E-state index in [2.05, 4.69) is 5.32 Å². The maximum Gasteiger partial charge on any atom is 0.308 e. The number of rotatable bonds is 5. The van der Waals surface area contributed by atoms with Crippen molar-refractivity contribution in [2.45, 2.75) is 31.6 Å². The number of esters is 1. The predicted octanol–water partition coefficient (Wildman–Crippen LogP) is 1.53. The Morgan fingerprint density at radius 2 is 2.10 bits per heavy atom. The lowest BCUT2D eigenvalue weighted by Gasteiger charge is -2.17. The molecule has 0 aromatic heterocycles. The van der Waals surface area contributed by atoms with Gasteiger partial charge in [0.2, 0.25) is 0 Å². The highest BCUT2D eigenvalue weighted by molar-refractivity contribution is 5.76. The molecule has 0 saturated carbocycles. The number of nitrogens with one attached hydrogen (secondary N) is 1. The third-order valence-corrected chi connectivity index (χ3v) is 3.03. The van der Waals surface area contributed by atoms with Crippen LogP contribution in [0.15, 0.2) is 36.4 Å². The molecule has 1 aromatic carbocycles. The quantitative estimate of drug-likeness (QED) is 0.484. The van der Waals surface area contributed by atoms with Crippen LogP contribution in [-0.2, 0) is 9.53 Å². The van der Waals surface area contributed by atoms with Crippen molar-refractivity contribution >= 4 is 17.9 Å². The van der Waals surface area contributed by atoms with Crippen LogP contribution in [0.25, 0.3) is 0 Å². The molecule has 0 spiro atoms. The van der Waals surface area contributed by atoms with Crippen LogP contribution >= 0.6 is 0 Å². The van der Waals surface area contributed by atoms with E-state index < -0.39 is 12.2 Å². The highest BCUT2D eigenvalue weighted by Gasteiger charge is 2.32. The molecule has 1 aromatic rings. The SMILES string of the molecule is C[C@H](O)C=C[C@@H]1OC(=O)C[C@@H]1Nc1ccc(C=O)cc1. The fourth-order valence-electron chi connectivity index (χ4n) is 2.03. The van der Waals surface area contributed by atoms with Crippen molar-refractivity contribution in [2.75, 3.05) is 5.32 Å². The lowest BCUT2D eigenvalue weighted by atomic mass is 10.1. The number of aliphatic hydroxyl groups is 1. The monoisotopic (exact) mass is 275 g/mol. The molecular formula is C15H17NO4. The van der Waals surface area contributed by atoms with Crippen molar-refractivity contribution in [3.63, 3.8) is 0 Å². The number of hydrogen-bond acceptors (Lipinski definition) is 5. The summed E-state index contributed by atoms with van der Waals surface area (Å²) < 4.78 is 5.19. The fourth-order valence-corrected chi connectivity index (χ4v) is 2.03. The van der Waals surface area contributed by atoms with Crippen molar-refractivity contribution < 1.29 is 19.4 Å². The van der Waals surface area contributed by atoms with E-state index in [1.165, 1.54) is 0 Å². The summed E-state index contributed by atoms with van der Waals surface area (Å²) >= 11 is 0. The summed E-state index contributed by atoms with van der Waals surface area (Å²) in [6.07, 6.45) is 3.34. The van der Waals surface area contributed by atoms with Gasteiger partial charge in [-0.1, -0.05) is 6.08 Å². The van der Waals surface area contributed by atoms with Crippen LogP contribution in [0.4, 0.5) is 5.69 Å². The van der Waals surface area contributed by atoms with E-state index in [0.717, 1.165) is 12.0 Å². The maximum absolute atomic E-state index is 11.4. The van der Waals surface area contributed by atoms with E-state index in [1.807, 2.05) is 0 Å². The molecule has 0 aliphatic carbocycles. The predicted molar refractivity (Wildman–Crippen MR) is 74.6 cm³/mol. The van der Waals surface area contributed by atoms with Crippen molar-refractivity contribution in [1.29, 1.82) is 0 Å². The smallest absolute Gasteiger partial charge is 0.308 e. The summed E-state index contributed by atoms with van der Waals surface area (Å²) in [5, 5.41) is 12.4. The number of aldehydes is 1. The second-order valence-corrected chi connectivity index (χ2v) is 4.77. The first kappa shape index (κ1) is 14.3. The Bertz CT molecular complexity index is 507. The average Bonchev–Trinajstić information content (AvgIpc) is 2.77. The van der Waals surface area contributed by atoms with Gasteiger partial charge in [-0.25, -0.2) is 0 Å². The van der Waals surface area contributed by atoms with Gasteiger partial charge in [-0.3, -0.25) is 9.59 Å². The summed E-state index contributed by atoms with van der Waals surface area (Å²) in [5.74, 6) is -0.271. The van der Waals surface area contributed by atoms with E-state index in [4.69, 9.17) is 4.74 Å². The molecular weight excluding hydrogens is 258 g/mol. The summed E-state index contributed by atoms with van der Waals surface area (Å²) in [5.41, 5.74) is 1.41. The van der Waals surface area contributed by atoms with Crippen LogP contribution < -0.4 is 5.32 Å². The molecule has 106 valence electrons. The van der Waals surface area contributed by atoms with Gasteiger partial charge >= 0.3 is 5.97 Å². The normalized spacial score (nSPS) is 23.6. The lowest BCUT2D eigenvalue weighted by Crippen LogP contribution is -2.27. The first-order chi connectivity index (χ1) is 9.58. The number of ether oxygens (including phenoxy) is 1. The minimum Gasteiger partial charge on any atom is -0.456 e. The zero-order valence-electron chi connectivity index (χ0n) is 11.2. The van der Waals surface area contributed by atoms with E-state index in [1.54, 1.807) is 43.3 Å². The molecule has 1 saturated heterocycles. The molecule has 2 N–H and O–H groups in total. The molecule has 0 bridgehead atoms. The van der Waals surface area contributed by atoms with Crippen LogP contribution in [0.3, 0.4) is 0 Å². The van der Waals surface area contributed by atoms with Crippen molar-refractivity contribution in [2.24, 2.45) is 0 Å². The Kier molecular flexibility index (Phi) is 4.53. The number of benzene rings is 1. The lowest BCUT2D eigenvalue weighted by molar-refractivity contribution is -0.140. The number of carbonyl (C=O) groups excluding carboxylic acids is 2. The molecule has 1 aliphatic heterocycles. The second kappa shape index (κ2) is 6.34. The zero-order chi connectivity index (χ0) is 14.5. The molecule has 3 atom stereocenters. The first-order valence-electron chi connectivity index (χ1n) is 6.46. The average molecular weight is 275 g/mol. The Hall–Kier alpha value is -2.14. The number of anilines is 1. The van der Waals surface area contributed by atoms with E-state index in [0.29, 0.717) is 5.56 Å². The third-order valence-electron chi connectivity index (χ3n) is 3.03. The highest BCUT2D eigenvalue weighted by atomic mass is 16.6. The summed E-state index contributed by atoms with van der Waals surface area (Å²) in [6.45, 7) is 1.63. The number of cyclic esters (lactones) is 1. The number of aliphatic hydroxyl groups excluding tert-OH is 1. The Labute approximate surface area is 117 Å². The topological polar surface area (TPSA) is 75.6 Å². The minimum absolute atomic E-state index is 0.181. The van der Waals surface area contributed by atoms with E-state index >= 15 is 0 Å². The maximum atomic E-state index is 11.4. The van der Waals surface area contributed by atoms with Crippen molar-refractivity contribution in [1.82, 2.24) is 0 Å². The van der Waals surface area contributed by atoms with Crippen LogP contribution in [0.5, 0.6) is 0 Å². The van der Waals surface area contributed by atoms with Crippen LogP contribution in [-0.4, -0.2) is 35.6 Å². The largest absolute Gasteiger partial charge is 0.456 e. The molecule has 5 heteroatoms. The van der Waals surface area contributed by atoms with Crippen LogP contribution in [0, 0.1) is 0 Å². The van der Waals surface area contributed by atoms with Crippen molar-refractivity contribution in [3.05, 3.63) is 42.0 Å². The summed E-state index contributed by atoms with van der Waals surface area (Å²) in [7, 11) is 0. The Morgan fingerprint density at radius 1 is 1.40 bits per heavy atom. The molecule has 2 rings (SSSR count). The van der Waals surface area contributed by atoms with Gasteiger partial charge in [0.05, 0.1) is 18.6 Å². The second-order valence-electron chi connectivity index (χ2n) is 4.77. The van der Waals surface area contributed by atoms with Gasteiger partial charge in [-0.05, 0) is 37.3 Å². The molecule has 0 unspecified atom stereocenters. The van der Waals surface area contributed by atoms with Gasteiger partial charge in [0.25, 0.3) is 0 Å². The standard InChI is InChI=1S/C15H17NO4/c1-10(18)2-7-14-13(8-15(19)20-14)16-12-5-3-11(9-17)4-6-12/h2-7,9-10,13-14,16,18H,8H2,1H3/t10-,13-,14-/m0/s1. The first-order valence-corrected chi connectivity index (χ1v) is 6.46. The molecule has 5 nitrogen and oxygen atoms in total. The third kappa shape index (κ3) is 3.68. The van der Waals surface area contributed by atoms with Gasteiger partial charge in [-0.15, -0.1) is 0 Å². The molecule has 1 aliphatic rings. The molecule has 1 heterocycles. The highest BCUT2D eigenvalue weighted by Crippen LogP contribution is 2.21. The zero-order valence-corrected chi connectivity index (χ0v) is 11.2. The van der Waals surface area contributed by atoms with Crippen LogP contribution in [0.1, 0.15) is 23.7 Å². The Balaban J connectivity index is 2.05. The van der Waals surface area contributed by atoms with Gasteiger partial charge in [0.1, 0.15) is 12.4 Å². The van der Waals surface area contributed by atoms with E-state index in [9.17, 15) is 14.7 Å². The molecule has 0 amide bonds. The minimum atomic E-state index is -0.582. The van der Waals surface area contributed by atoms with Crippen LogP contribution in [0.2, 0.25) is 0 Å². The molecule has 0 radical (unpaired) electrons. The van der Waals surface area contributed by atoms with Gasteiger partial charge < -0.3 is 15.2 Å². The molecule has 20 heavy (non-hydrogen) atoms. The van der Waals surface area contributed by atoms with Gasteiger partial charge in [-0.2, -0.15) is 0 Å². The molecule has 1 fully saturated rings. The van der Waals surface area contributed by atoms with Gasteiger partial charge in [0.15, 0.2) is 0 Å². The number of carbonyl (C=O) groups is 2. The Morgan fingerprint density at radius 3 is 2.70 bits per heavy atom. The van der Waals surface area contributed by atoms with E-state index in [-0.39, 0.29) is 18.4 Å². The van der Waals surface area contributed by atoms with Gasteiger partial charge in [0, 0.05) is 11.3 Å².